The number of rotatable bonds is 7. The number of aliphatic carboxylic acids is 1. The molecular weight excluding hydrogens is 388 g/mol. The van der Waals surface area contributed by atoms with Crippen LogP contribution in [0.3, 0.4) is 0 Å². The number of nitrogens with zero attached hydrogens (tertiary/aromatic N) is 2. The van der Waals surface area contributed by atoms with Crippen LogP contribution in [-0.2, 0) is 17.8 Å². The first-order valence-corrected chi connectivity index (χ1v) is 10.1. The van der Waals surface area contributed by atoms with Crippen LogP contribution in [0.5, 0.6) is 0 Å². The standard InChI is InChI=1S/C26H22N2O3/c1-18-23(16-24(29)30)25(19-10-4-2-5-11-19)27-28(18)17-21-14-8-9-15-22(21)26(31)20-12-6-3-7-13-20/h2-15H,16-17H2,1H3,(H,29,30). The molecule has 0 fully saturated rings. The number of aromatic nitrogens is 2. The van der Waals surface area contributed by atoms with Crippen molar-refractivity contribution in [3.8, 4) is 11.3 Å². The Kier molecular flexibility index (Phi) is 5.76. The maximum Gasteiger partial charge on any atom is 0.307 e. The van der Waals surface area contributed by atoms with Gasteiger partial charge in [-0.1, -0.05) is 84.9 Å². The zero-order chi connectivity index (χ0) is 21.8. The van der Waals surface area contributed by atoms with Crippen molar-refractivity contribution in [3.63, 3.8) is 0 Å². The second-order valence-corrected chi connectivity index (χ2v) is 7.36. The smallest absolute Gasteiger partial charge is 0.307 e. The molecule has 154 valence electrons. The van der Waals surface area contributed by atoms with Crippen molar-refractivity contribution in [1.29, 1.82) is 0 Å². The van der Waals surface area contributed by atoms with Gasteiger partial charge in [0.05, 0.1) is 18.7 Å². The van der Waals surface area contributed by atoms with E-state index in [0.717, 1.165) is 16.8 Å². The fourth-order valence-electron chi connectivity index (χ4n) is 3.71. The van der Waals surface area contributed by atoms with Gasteiger partial charge in [-0.2, -0.15) is 5.10 Å². The lowest BCUT2D eigenvalue weighted by Gasteiger charge is -2.10. The van der Waals surface area contributed by atoms with Gasteiger partial charge in [0.1, 0.15) is 0 Å². The van der Waals surface area contributed by atoms with E-state index < -0.39 is 5.97 Å². The summed E-state index contributed by atoms with van der Waals surface area (Å²) in [4.78, 5) is 24.6. The lowest BCUT2D eigenvalue weighted by atomic mass is 9.98. The summed E-state index contributed by atoms with van der Waals surface area (Å²) in [6.45, 7) is 2.25. The molecule has 0 atom stereocenters. The van der Waals surface area contributed by atoms with Gasteiger partial charge in [0.2, 0.25) is 0 Å². The van der Waals surface area contributed by atoms with E-state index in [1.807, 2.05) is 79.7 Å². The van der Waals surface area contributed by atoms with Crippen molar-refractivity contribution in [1.82, 2.24) is 9.78 Å². The highest BCUT2D eigenvalue weighted by atomic mass is 16.4. The van der Waals surface area contributed by atoms with E-state index >= 15 is 0 Å². The van der Waals surface area contributed by atoms with E-state index in [2.05, 4.69) is 0 Å². The number of ketones is 1. The first-order valence-electron chi connectivity index (χ1n) is 10.1. The van der Waals surface area contributed by atoms with Gasteiger partial charge in [-0.15, -0.1) is 0 Å². The minimum atomic E-state index is -0.903. The SMILES string of the molecule is Cc1c(CC(=O)O)c(-c2ccccc2)nn1Cc1ccccc1C(=O)c1ccccc1. The van der Waals surface area contributed by atoms with Crippen LogP contribution in [0.15, 0.2) is 84.9 Å². The van der Waals surface area contributed by atoms with E-state index in [1.165, 1.54) is 0 Å². The molecule has 1 N–H and O–H groups in total. The Balaban J connectivity index is 1.75. The number of carbonyl (C=O) groups is 2. The number of carbonyl (C=O) groups excluding carboxylic acids is 1. The maximum absolute atomic E-state index is 13.1. The van der Waals surface area contributed by atoms with Crippen molar-refractivity contribution in [3.05, 3.63) is 113 Å². The third-order valence-corrected chi connectivity index (χ3v) is 5.32. The number of hydrogen-bond acceptors (Lipinski definition) is 3. The number of carboxylic acid groups (broad SMARTS) is 1. The van der Waals surface area contributed by atoms with Crippen LogP contribution < -0.4 is 0 Å². The molecule has 5 heteroatoms. The second-order valence-electron chi connectivity index (χ2n) is 7.36. The number of benzene rings is 3. The predicted molar refractivity (Wildman–Crippen MR) is 119 cm³/mol. The molecule has 0 unspecified atom stereocenters. The molecule has 3 aromatic carbocycles. The van der Waals surface area contributed by atoms with Crippen LogP contribution >= 0.6 is 0 Å². The highest BCUT2D eigenvalue weighted by molar-refractivity contribution is 6.09. The monoisotopic (exact) mass is 410 g/mol. The molecule has 31 heavy (non-hydrogen) atoms. The summed E-state index contributed by atoms with van der Waals surface area (Å²) in [6.07, 6.45) is -0.110. The Labute approximate surface area is 180 Å². The van der Waals surface area contributed by atoms with Crippen molar-refractivity contribution in [2.24, 2.45) is 0 Å². The molecule has 0 radical (unpaired) electrons. The van der Waals surface area contributed by atoms with E-state index in [1.54, 1.807) is 16.8 Å². The Morgan fingerprint density at radius 3 is 2.16 bits per heavy atom. The zero-order valence-corrected chi connectivity index (χ0v) is 17.2. The Hall–Kier alpha value is -3.99. The molecule has 0 bridgehead atoms. The van der Waals surface area contributed by atoms with Crippen molar-refractivity contribution in [2.45, 2.75) is 19.9 Å². The summed E-state index contributed by atoms with van der Waals surface area (Å²) in [5, 5.41) is 14.2. The van der Waals surface area contributed by atoms with Gasteiger partial charge in [0.25, 0.3) is 0 Å². The van der Waals surface area contributed by atoms with Gasteiger partial charge in [-0.3, -0.25) is 14.3 Å². The van der Waals surface area contributed by atoms with Crippen LogP contribution in [-0.4, -0.2) is 26.6 Å². The summed E-state index contributed by atoms with van der Waals surface area (Å²) >= 11 is 0. The summed E-state index contributed by atoms with van der Waals surface area (Å²) < 4.78 is 1.79. The summed E-state index contributed by atoms with van der Waals surface area (Å²) in [6, 6.07) is 26.2. The quantitative estimate of drug-likeness (QED) is 0.446. The van der Waals surface area contributed by atoms with Crippen molar-refractivity contribution in [2.75, 3.05) is 0 Å². The fourth-order valence-corrected chi connectivity index (χ4v) is 3.71. The molecule has 4 aromatic rings. The van der Waals surface area contributed by atoms with E-state index in [0.29, 0.717) is 28.9 Å². The van der Waals surface area contributed by atoms with Gasteiger partial charge < -0.3 is 5.11 Å². The lowest BCUT2D eigenvalue weighted by Crippen LogP contribution is -2.11. The number of hydrogen-bond donors (Lipinski definition) is 1. The highest BCUT2D eigenvalue weighted by Gasteiger charge is 2.20. The first-order chi connectivity index (χ1) is 15.0. The van der Waals surface area contributed by atoms with Crippen LogP contribution in [0.1, 0.15) is 32.7 Å². The Morgan fingerprint density at radius 1 is 0.871 bits per heavy atom. The average molecular weight is 410 g/mol. The van der Waals surface area contributed by atoms with Crippen LogP contribution in [0.25, 0.3) is 11.3 Å². The lowest BCUT2D eigenvalue weighted by molar-refractivity contribution is -0.136. The molecule has 1 heterocycles. The fraction of sp³-hybridized carbons (Fsp3) is 0.115. The Bertz CT molecular complexity index is 1230. The van der Waals surface area contributed by atoms with Crippen molar-refractivity contribution >= 4 is 11.8 Å². The summed E-state index contributed by atoms with van der Waals surface area (Å²) in [7, 11) is 0. The third kappa shape index (κ3) is 4.31. The van der Waals surface area contributed by atoms with E-state index in [4.69, 9.17) is 5.10 Å². The van der Waals surface area contributed by atoms with Gasteiger partial charge in [0.15, 0.2) is 5.78 Å². The maximum atomic E-state index is 13.1. The van der Waals surface area contributed by atoms with Gasteiger partial charge in [-0.05, 0) is 12.5 Å². The topological polar surface area (TPSA) is 72.2 Å². The van der Waals surface area contributed by atoms with Crippen LogP contribution in [0.4, 0.5) is 0 Å². The van der Waals surface area contributed by atoms with Crippen LogP contribution in [0.2, 0.25) is 0 Å². The molecule has 5 nitrogen and oxygen atoms in total. The molecule has 0 amide bonds. The first kappa shape index (κ1) is 20.3. The number of carboxylic acids is 1. The highest BCUT2D eigenvalue weighted by Crippen LogP contribution is 2.27. The average Bonchev–Trinajstić information content (AvgIpc) is 3.09. The molecule has 1 aromatic heterocycles. The summed E-state index contributed by atoms with van der Waals surface area (Å²) in [5.41, 5.74) is 5.08. The van der Waals surface area contributed by atoms with E-state index in [9.17, 15) is 14.7 Å². The predicted octanol–water partition coefficient (Wildman–Crippen LogP) is 4.76. The molecule has 0 spiro atoms. The molecule has 0 saturated carbocycles. The summed E-state index contributed by atoms with van der Waals surface area (Å²) in [5.74, 6) is -0.950. The molecule has 0 saturated heterocycles. The van der Waals surface area contributed by atoms with Gasteiger partial charge in [0, 0.05) is 27.9 Å². The minimum absolute atomic E-state index is 0.0462. The molecule has 0 aliphatic heterocycles. The van der Waals surface area contributed by atoms with Crippen molar-refractivity contribution < 1.29 is 14.7 Å². The Morgan fingerprint density at radius 2 is 1.48 bits per heavy atom. The van der Waals surface area contributed by atoms with Gasteiger partial charge >= 0.3 is 5.97 Å². The minimum Gasteiger partial charge on any atom is -0.481 e. The molecule has 4 rings (SSSR count). The molecule has 0 aliphatic rings. The van der Waals surface area contributed by atoms with Crippen LogP contribution in [0, 0.1) is 6.92 Å². The largest absolute Gasteiger partial charge is 0.481 e. The van der Waals surface area contributed by atoms with Gasteiger partial charge in [-0.25, -0.2) is 0 Å². The second kappa shape index (κ2) is 8.79. The zero-order valence-electron chi connectivity index (χ0n) is 17.2. The molecular formula is C26H22N2O3. The molecule has 0 aliphatic carbocycles. The third-order valence-electron chi connectivity index (χ3n) is 5.32. The normalized spacial score (nSPS) is 10.7. The van der Waals surface area contributed by atoms with E-state index in [-0.39, 0.29) is 12.2 Å².